The molecule has 0 N–H and O–H groups in total. The number of ether oxygens (including phenoxy) is 1. The molecule has 0 spiro atoms. The highest BCUT2D eigenvalue weighted by Crippen LogP contribution is 2.28. The Bertz CT molecular complexity index is 809. The molecule has 5 heteroatoms. The molecule has 1 aromatic carbocycles. The number of carbonyl (C=O) groups excluding carboxylic acids is 1. The van der Waals surface area contributed by atoms with Gasteiger partial charge >= 0.3 is 0 Å². The van der Waals surface area contributed by atoms with E-state index in [-0.39, 0.29) is 5.91 Å². The summed E-state index contributed by atoms with van der Waals surface area (Å²) in [7, 11) is 0. The van der Waals surface area contributed by atoms with Crippen molar-refractivity contribution in [3.05, 3.63) is 53.6 Å². The first-order valence-corrected chi connectivity index (χ1v) is 8.99. The molecule has 2 aliphatic heterocycles. The zero-order valence-electron chi connectivity index (χ0n) is 14.5. The van der Waals surface area contributed by atoms with Crippen molar-refractivity contribution in [1.82, 2.24) is 14.5 Å². The van der Waals surface area contributed by atoms with E-state index in [0.29, 0.717) is 12.6 Å². The number of likely N-dealkylation sites (tertiary alicyclic amines) is 1. The molecule has 3 heterocycles. The van der Waals surface area contributed by atoms with E-state index in [1.54, 1.807) is 0 Å². The fourth-order valence-corrected chi connectivity index (χ4v) is 3.76. The maximum atomic E-state index is 13.0. The smallest absolute Gasteiger partial charge is 0.253 e. The van der Waals surface area contributed by atoms with E-state index in [0.717, 1.165) is 55.1 Å². The van der Waals surface area contributed by atoms with Gasteiger partial charge < -0.3 is 14.2 Å². The maximum Gasteiger partial charge on any atom is 0.253 e. The van der Waals surface area contributed by atoms with Crippen LogP contribution in [0.25, 0.3) is 6.08 Å². The van der Waals surface area contributed by atoms with Crippen molar-refractivity contribution < 1.29 is 9.53 Å². The first kappa shape index (κ1) is 15.9. The highest BCUT2D eigenvalue weighted by molar-refractivity contribution is 5.99. The molecule has 25 heavy (non-hydrogen) atoms. The van der Waals surface area contributed by atoms with E-state index in [4.69, 9.17) is 4.74 Å². The molecule has 1 saturated heterocycles. The van der Waals surface area contributed by atoms with Crippen LogP contribution in [0.2, 0.25) is 0 Å². The molecule has 2 aromatic rings. The van der Waals surface area contributed by atoms with Crippen LogP contribution in [0.1, 0.15) is 37.2 Å². The van der Waals surface area contributed by atoms with Gasteiger partial charge in [0.25, 0.3) is 5.91 Å². The van der Waals surface area contributed by atoms with Gasteiger partial charge in [-0.05, 0) is 25.0 Å². The summed E-state index contributed by atoms with van der Waals surface area (Å²) >= 11 is 0. The zero-order chi connectivity index (χ0) is 17.2. The van der Waals surface area contributed by atoms with Crippen LogP contribution in [-0.2, 0) is 11.2 Å². The van der Waals surface area contributed by atoms with Crippen molar-refractivity contribution >= 4 is 12.0 Å². The van der Waals surface area contributed by atoms with Crippen molar-refractivity contribution in [1.29, 1.82) is 0 Å². The molecule has 0 unspecified atom stereocenters. The third-order valence-corrected chi connectivity index (χ3v) is 5.05. The number of para-hydroxylation sites is 1. The Hall–Kier alpha value is -2.56. The Balaban J connectivity index is 1.52. The summed E-state index contributed by atoms with van der Waals surface area (Å²) in [4.78, 5) is 19.4. The molecule has 1 fully saturated rings. The Kier molecular flexibility index (Phi) is 4.30. The lowest BCUT2D eigenvalue weighted by Crippen LogP contribution is -2.42. The van der Waals surface area contributed by atoms with Crippen molar-refractivity contribution in [3.8, 4) is 5.75 Å². The minimum atomic E-state index is 0.0948. The van der Waals surface area contributed by atoms with E-state index < -0.39 is 0 Å². The van der Waals surface area contributed by atoms with E-state index >= 15 is 0 Å². The average molecular weight is 337 g/mol. The Labute approximate surface area is 147 Å². The van der Waals surface area contributed by atoms with Crippen LogP contribution in [-0.4, -0.2) is 40.1 Å². The number of imidazole rings is 1. The number of piperidine rings is 1. The van der Waals surface area contributed by atoms with Crippen LogP contribution in [0.5, 0.6) is 5.75 Å². The first-order chi connectivity index (χ1) is 12.3. The third-order valence-electron chi connectivity index (χ3n) is 5.05. The van der Waals surface area contributed by atoms with Crippen LogP contribution >= 0.6 is 0 Å². The maximum absolute atomic E-state index is 13.0. The van der Waals surface area contributed by atoms with Gasteiger partial charge in [0, 0.05) is 37.5 Å². The van der Waals surface area contributed by atoms with Crippen LogP contribution in [0.3, 0.4) is 0 Å². The second-order valence-corrected chi connectivity index (χ2v) is 6.65. The molecule has 1 aromatic heterocycles. The number of fused-ring (bicyclic) bond motifs is 1. The Morgan fingerprint density at radius 1 is 1.36 bits per heavy atom. The highest BCUT2D eigenvalue weighted by Gasteiger charge is 2.28. The molecule has 0 radical (unpaired) electrons. The summed E-state index contributed by atoms with van der Waals surface area (Å²) in [6.07, 6.45) is 8.88. The van der Waals surface area contributed by atoms with Crippen molar-refractivity contribution in [2.45, 2.75) is 32.2 Å². The molecule has 0 saturated carbocycles. The standard InChI is InChI=1S/C20H23N3O2/c1-2-19-21-9-11-23(19)17-7-5-10-22(13-17)20(24)16-12-15-6-3-4-8-18(15)25-14-16/h3-4,6,8-9,11-12,17H,2,5,7,10,13-14H2,1H3/t17-/m0/s1. The van der Waals surface area contributed by atoms with Gasteiger partial charge in [0.05, 0.1) is 11.6 Å². The molecule has 130 valence electrons. The predicted molar refractivity (Wildman–Crippen MR) is 96.4 cm³/mol. The van der Waals surface area contributed by atoms with Crippen LogP contribution in [0.4, 0.5) is 0 Å². The third kappa shape index (κ3) is 3.06. The molecular weight excluding hydrogens is 314 g/mol. The topological polar surface area (TPSA) is 47.4 Å². The number of rotatable bonds is 3. The average Bonchev–Trinajstić information content (AvgIpc) is 3.16. The van der Waals surface area contributed by atoms with Crippen molar-refractivity contribution in [2.24, 2.45) is 0 Å². The van der Waals surface area contributed by atoms with E-state index in [9.17, 15) is 4.79 Å². The van der Waals surface area contributed by atoms with E-state index in [1.165, 1.54) is 0 Å². The van der Waals surface area contributed by atoms with Gasteiger partial charge in [-0.1, -0.05) is 25.1 Å². The van der Waals surface area contributed by atoms with Gasteiger partial charge in [-0.2, -0.15) is 0 Å². The number of amides is 1. The van der Waals surface area contributed by atoms with Gasteiger partial charge in [0.2, 0.25) is 0 Å². The molecule has 1 atom stereocenters. The normalized spacial score (nSPS) is 19.8. The fourth-order valence-electron chi connectivity index (χ4n) is 3.76. The summed E-state index contributed by atoms with van der Waals surface area (Å²) < 4.78 is 7.99. The molecule has 4 rings (SSSR count). The number of nitrogens with zero attached hydrogens (tertiary/aromatic N) is 3. The lowest BCUT2D eigenvalue weighted by molar-refractivity contribution is -0.129. The second kappa shape index (κ2) is 6.75. The summed E-state index contributed by atoms with van der Waals surface area (Å²) in [6.45, 7) is 4.01. The van der Waals surface area contributed by atoms with Crippen LogP contribution in [0, 0.1) is 0 Å². The monoisotopic (exact) mass is 337 g/mol. The molecule has 0 bridgehead atoms. The molecular formula is C20H23N3O2. The SMILES string of the molecule is CCc1nccn1[C@H]1CCCN(C(=O)C2=Cc3ccccc3OC2)C1. The predicted octanol–water partition coefficient (Wildman–Crippen LogP) is 3.09. The second-order valence-electron chi connectivity index (χ2n) is 6.65. The van der Waals surface area contributed by atoms with Crippen molar-refractivity contribution in [2.75, 3.05) is 19.7 Å². The first-order valence-electron chi connectivity index (χ1n) is 8.99. The quantitative estimate of drug-likeness (QED) is 0.865. The molecule has 0 aliphatic carbocycles. The largest absolute Gasteiger partial charge is 0.488 e. The summed E-state index contributed by atoms with van der Waals surface area (Å²) in [5.41, 5.74) is 1.72. The zero-order valence-corrected chi connectivity index (χ0v) is 14.5. The van der Waals surface area contributed by atoms with Gasteiger partial charge in [-0.25, -0.2) is 4.98 Å². The molecule has 2 aliphatic rings. The minimum absolute atomic E-state index is 0.0948. The van der Waals surface area contributed by atoms with Gasteiger partial charge in [0.1, 0.15) is 18.2 Å². The Morgan fingerprint density at radius 3 is 3.12 bits per heavy atom. The summed E-state index contributed by atoms with van der Waals surface area (Å²) in [5.74, 6) is 2.03. The fraction of sp³-hybridized carbons (Fsp3) is 0.400. The van der Waals surface area contributed by atoms with E-state index in [2.05, 4.69) is 16.5 Å². The molecule has 5 nitrogen and oxygen atoms in total. The molecule has 1 amide bonds. The highest BCUT2D eigenvalue weighted by atomic mass is 16.5. The van der Waals surface area contributed by atoms with Crippen LogP contribution in [0.15, 0.2) is 42.2 Å². The lowest BCUT2D eigenvalue weighted by Gasteiger charge is -2.35. The lowest BCUT2D eigenvalue weighted by atomic mass is 10.0. The summed E-state index contributed by atoms with van der Waals surface area (Å²) in [5, 5.41) is 0. The Morgan fingerprint density at radius 2 is 2.24 bits per heavy atom. The number of carbonyl (C=O) groups is 1. The number of benzene rings is 1. The number of hydrogen-bond acceptors (Lipinski definition) is 3. The number of hydrogen-bond donors (Lipinski definition) is 0. The van der Waals surface area contributed by atoms with Gasteiger partial charge in [0.15, 0.2) is 0 Å². The number of aryl methyl sites for hydroxylation is 1. The number of aromatic nitrogens is 2. The summed E-state index contributed by atoms with van der Waals surface area (Å²) in [6, 6.07) is 8.15. The minimum Gasteiger partial charge on any atom is -0.488 e. The van der Waals surface area contributed by atoms with Gasteiger partial charge in [-0.15, -0.1) is 0 Å². The van der Waals surface area contributed by atoms with E-state index in [1.807, 2.05) is 47.6 Å². The van der Waals surface area contributed by atoms with Crippen LogP contribution < -0.4 is 4.74 Å². The van der Waals surface area contributed by atoms with Gasteiger partial charge in [-0.3, -0.25) is 4.79 Å². The van der Waals surface area contributed by atoms with Crippen molar-refractivity contribution in [3.63, 3.8) is 0 Å².